The van der Waals surface area contributed by atoms with Gasteiger partial charge in [0.25, 0.3) is 5.91 Å². The SMILES string of the molecule is Cc1c(C(=O)N2Cc3nnc(C(C)C)n3[C@@H](C)C2)[nH]c2c(F)cccc12. The summed E-state index contributed by atoms with van der Waals surface area (Å²) in [6, 6.07) is 4.97. The summed E-state index contributed by atoms with van der Waals surface area (Å²) in [4.78, 5) is 17.9. The molecule has 0 unspecified atom stereocenters. The highest BCUT2D eigenvalue weighted by atomic mass is 19.1. The van der Waals surface area contributed by atoms with Crippen molar-refractivity contribution < 1.29 is 9.18 Å². The van der Waals surface area contributed by atoms with Gasteiger partial charge in [0.05, 0.1) is 18.1 Å². The molecule has 1 N–H and O–H groups in total. The molecule has 1 aliphatic heterocycles. The van der Waals surface area contributed by atoms with Crippen molar-refractivity contribution in [2.24, 2.45) is 0 Å². The van der Waals surface area contributed by atoms with Crippen molar-refractivity contribution in [1.82, 2.24) is 24.6 Å². The van der Waals surface area contributed by atoms with E-state index >= 15 is 0 Å². The maximum absolute atomic E-state index is 14.0. The minimum atomic E-state index is -0.349. The van der Waals surface area contributed by atoms with Crippen LogP contribution in [-0.2, 0) is 6.54 Å². The Labute approximate surface area is 151 Å². The smallest absolute Gasteiger partial charge is 0.271 e. The number of aromatic amines is 1. The summed E-state index contributed by atoms with van der Waals surface area (Å²) in [5, 5.41) is 9.32. The van der Waals surface area contributed by atoms with E-state index in [1.807, 2.05) is 13.0 Å². The predicted octanol–water partition coefficient (Wildman–Crippen LogP) is 3.55. The number of hydrogen-bond donors (Lipinski definition) is 1. The highest BCUT2D eigenvalue weighted by Gasteiger charge is 2.31. The van der Waals surface area contributed by atoms with Crippen molar-refractivity contribution in [3.63, 3.8) is 0 Å². The van der Waals surface area contributed by atoms with Crippen molar-refractivity contribution in [3.05, 3.63) is 46.9 Å². The van der Waals surface area contributed by atoms with E-state index < -0.39 is 0 Å². The lowest BCUT2D eigenvalue weighted by Crippen LogP contribution is -2.41. The Hall–Kier alpha value is -2.70. The quantitative estimate of drug-likeness (QED) is 0.764. The van der Waals surface area contributed by atoms with Crippen LogP contribution in [0.15, 0.2) is 18.2 Å². The first-order valence-corrected chi connectivity index (χ1v) is 8.88. The first-order valence-electron chi connectivity index (χ1n) is 8.88. The van der Waals surface area contributed by atoms with Gasteiger partial charge in [-0.1, -0.05) is 26.0 Å². The van der Waals surface area contributed by atoms with E-state index in [0.29, 0.717) is 24.3 Å². The summed E-state index contributed by atoms with van der Waals surface area (Å²) in [7, 11) is 0. The van der Waals surface area contributed by atoms with Crippen molar-refractivity contribution in [2.75, 3.05) is 6.54 Å². The molecule has 3 heterocycles. The van der Waals surface area contributed by atoms with Gasteiger partial charge in [-0.05, 0) is 25.5 Å². The number of hydrogen-bond acceptors (Lipinski definition) is 3. The van der Waals surface area contributed by atoms with Crippen LogP contribution >= 0.6 is 0 Å². The second kappa shape index (κ2) is 5.93. The molecule has 0 aliphatic carbocycles. The largest absolute Gasteiger partial charge is 0.348 e. The third-order valence-corrected chi connectivity index (χ3v) is 5.11. The Kier molecular flexibility index (Phi) is 3.82. The summed E-state index contributed by atoms with van der Waals surface area (Å²) in [6.45, 7) is 9.06. The highest BCUT2D eigenvalue weighted by Crippen LogP contribution is 2.29. The van der Waals surface area contributed by atoms with Crippen LogP contribution in [-0.4, -0.2) is 37.1 Å². The number of H-pyrrole nitrogens is 1. The fourth-order valence-corrected chi connectivity index (χ4v) is 3.80. The van der Waals surface area contributed by atoms with Crippen LogP contribution in [0.5, 0.6) is 0 Å². The van der Waals surface area contributed by atoms with Gasteiger partial charge in [-0.3, -0.25) is 4.79 Å². The average Bonchev–Trinajstić information content (AvgIpc) is 3.17. The van der Waals surface area contributed by atoms with Crippen molar-refractivity contribution in [1.29, 1.82) is 0 Å². The first kappa shape index (κ1) is 16.8. The molecule has 1 aliphatic rings. The lowest BCUT2D eigenvalue weighted by Gasteiger charge is -2.33. The van der Waals surface area contributed by atoms with Crippen molar-refractivity contribution >= 4 is 16.8 Å². The zero-order valence-electron chi connectivity index (χ0n) is 15.4. The van der Waals surface area contributed by atoms with E-state index in [1.165, 1.54) is 6.07 Å². The third kappa shape index (κ3) is 2.41. The Bertz CT molecular complexity index is 1000. The summed E-state index contributed by atoms with van der Waals surface area (Å²) in [5.74, 6) is 1.53. The summed E-state index contributed by atoms with van der Waals surface area (Å²) >= 11 is 0. The molecule has 2 aromatic heterocycles. The zero-order valence-corrected chi connectivity index (χ0v) is 15.4. The molecule has 6 nitrogen and oxygen atoms in total. The molecule has 1 aromatic carbocycles. The maximum atomic E-state index is 14.0. The van der Waals surface area contributed by atoms with E-state index in [-0.39, 0.29) is 23.7 Å². The van der Waals surface area contributed by atoms with Gasteiger partial charge in [0, 0.05) is 17.8 Å². The Morgan fingerprint density at radius 3 is 2.81 bits per heavy atom. The van der Waals surface area contributed by atoms with E-state index in [1.54, 1.807) is 11.0 Å². The number of nitrogens with one attached hydrogen (secondary N) is 1. The molecule has 3 aromatic rings. The molecule has 136 valence electrons. The fourth-order valence-electron chi connectivity index (χ4n) is 3.80. The van der Waals surface area contributed by atoms with E-state index in [0.717, 1.165) is 22.6 Å². The molecule has 0 radical (unpaired) electrons. The van der Waals surface area contributed by atoms with Crippen LogP contribution in [0.4, 0.5) is 4.39 Å². The van der Waals surface area contributed by atoms with Crippen molar-refractivity contribution in [2.45, 2.75) is 46.2 Å². The van der Waals surface area contributed by atoms with Crippen molar-refractivity contribution in [3.8, 4) is 0 Å². The molecule has 7 heteroatoms. The third-order valence-electron chi connectivity index (χ3n) is 5.11. The summed E-state index contributed by atoms with van der Waals surface area (Å²) in [5.41, 5.74) is 1.59. The topological polar surface area (TPSA) is 66.8 Å². The molecule has 1 amide bonds. The molecule has 0 bridgehead atoms. The van der Waals surface area contributed by atoms with Gasteiger partial charge >= 0.3 is 0 Å². The standard InChI is InChI=1S/C19H22FN5O/c1-10(2)18-23-22-15-9-24(8-11(3)25(15)18)19(26)16-12(4)13-6-5-7-14(20)17(13)21-16/h5-7,10-11,21H,8-9H2,1-4H3/t11-/m0/s1. The zero-order chi connectivity index (χ0) is 18.6. The number of para-hydroxylation sites is 1. The molecule has 0 saturated heterocycles. The van der Waals surface area contributed by atoms with Crippen LogP contribution in [0.2, 0.25) is 0 Å². The highest BCUT2D eigenvalue weighted by molar-refractivity contribution is 6.01. The molecular formula is C19H22FN5O. The number of amides is 1. The minimum absolute atomic E-state index is 0.0940. The number of nitrogens with zero attached hydrogens (tertiary/aromatic N) is 4. The number of carbonyl (C=O) groups is 1. The second-order valence-electron chi connectivity index (χ2n) is 7.32. The predicted molar refractivity (Wildman–Crippen MR) is 96.6 cm³/mol. The van der Waals surface area contributed by atoms with Gasteiger partial charge < -0.3 is 14.5 Å². The molecule has 0 fully saturated rings. The maximum Gasteiger partial charge on any atom is 0.271 e. The molecule has 0 saturated carbocycles. The Morgan fingerprint density at radius 1 is 1.35 bits per heavy atom. The van der Waals surface area contributed by atoms with Gasteiger partial charge in [0.1, 0.15) is 17.3 Å². The van der Waals surface area contributed by atoms with E-state index in [2.05, 4.69) is 40.5 Å². The lowest BCUT2D eigenvalue weighted by atomic mass is 10.1. The van der Waals surface area contributed by atoms with Crippen LogP contribution in [0, 0.1) is 12.7 Å². The Balaban J connectivity index is 1.70. The van der Waals surface area contributed by atoms with Crippen LogP contribution in [0.25, 0.3) is 10.9 Å². The summed E-state index contributed by atoms with van der Waals surface area (Å²) < 4.78 is 16.2. The van der Waals surface area contributed by atoms with Gasteiger partial charge in [-0.2, -0.15) is 0 Å². The molecule has 26 heavy (non-hydrogen) atoms. The Morgan fingerprint density at radius 2 is 2.12 bits per heavy atom. The van der Waals surface area contributed by atoms with E-state index in [4.69, 9.17) is 0 Å². The summed E-state index contributed by atoms with van der Waals surface area (Å²) in [6.07, 6.45) is 0. The van der Waals surface area contributed by atoms with E-state index in [9.17, 15) is 9.18 Å². The number of aryl methyl sites for hydroxylation is 1. The lowest BCUT2D eigenvalue weighted by molar-refractivity contribution is 0.0673. The average molecular weight is 355 g/mol. The van der Waals surface area contributed by atoms with Gasteiger partial charge in [-0.25, -0.2) is 4.39 Å². The number of benzene rings is 1. The van der Waals surface area contributed by atoms with Gasteiger partial charge in [-0.15, -0.1) is 10.2 Å². The fraction of sp³-hybridized carbons (Fsp3) is 0.421. The second-order valence-corrected chi connectivity index (χ2v) is 7.32. The number of halogens is 1. The first-order chi connectivity index (χ1) is 12.4. The van der Waals surface area contributed by atoms with Crippen LogP contribution in [0.1, 0.15) is 60.4 Å². The number of fused-ring (bicyclic) bond motifs is 2. The minimum Gasteiger partial charge on any atom is -0.348 e. The van der Waals surface area contributed by atoms with Crippen LogP contribution in [0.3, 0.4) is 0 Å². The number of aromatic nitrogens is 4. The number of rotatable bonds is 2. The van der Waals surface area contributed by atoms with Crippen LogP contribution < -0.4 is 0 Å². The van der Waals surface area contributed by atoms with Gasteiger partial charge in [0.15, 0.2) is 5.82 Å². The number of carbonyl (C=O) groups excluding carboxylic acids is 1. The molecular weight excluding hydrogens is 333 g/mol. The molecule has 0 spiro atoms. The molecule has 1 atom stereocenters. The normalized spacial score (nSPS) is 17.2. The van der Waals surface area contributed by atoms with Gasteiger partial charge in [0.2, 0.25) is 0 Å². The molecule has 4 rings (SSSR count). The monoisotopic (exact) mass is 355 g/mol.